The molecule has 0 saturated heterocycles. The van der Waals surface area contributed by atoms with Crippen molar-refractivity contribution in [3.63, 3.8) is 0 Å². The summed E-state index contributed by atoms with van der Waals surface area (Å²) in [6.07, 6.45) is 0.920. The second-order valence-electron chi connectivity index (χ2n) is 4.56. The average Bonchev–Trinajstić information content (AvgIpc) is 2.80. The van der Waals surface area contributed by atoms with Crippen molar-refractivity contribution in [1.82, 2.24) is 9.78 Å². The fourth-order valence-electron chi connectivity index (χ4n) is 2.06. The summed E-state index contributed by atoms with van der Waals surface area (Å²) in [4.78, 5) is 0. The van der Waals surface area contributed by atoms with Crippen LogP contribution in [-0.4, -0.2) is 22.0 Å². The van der Waals surface area contributed by atoms with E-state index in [-0.39, 0.29) is 6.04 Å². The minimum Gasteiger partial charge on any atom is -0.496 e. The van der Waals surface area contributed by atoms with Crippen molar-refractivity contribution < 1.29 is 9.84 Å². The molecule has 1 unspecified atom stereocenters. The summed E-state index contributed by atoms with van der Waals surface area (Å²) in [6.45, 7) is 4.05. The number of rotatable bonds is 4. The third-order valence-electron chi connectivity index (χ3n) is 2.97. The maximum atomic E-state index is 10.6. The molecule has 2 rings (SSSR count). The molecule has 1 heterocycles. The quantitative estimate of drug-likeness (QED) is 0.938. The van der Waals surface area contributed by atoms with Gasteiger partial charge in [0.25, 0.3) is 0 Å². The zero-order valence-electron chi connectivity index (χ0n) is 11.2. The van der Waals surface area contributed by atoms with E-state index in [0.29, 0.717) is 5.75 Å². The van der Waals surface area contributed by atoms with Gasteiger partial charge in [-0.2, -0.15) is 5.10 Å². The van der Waals surface area contributed by atoms with Gasteiger partial charge in [0.05, 0.1) is 23.5 Å². The topological polar surface area (TPSA) is 47.3 Å². The van der Waals surface area contributed by atoms with Crippen LogP contribution in [-0.2, 0) is 0 Å². The first-order chi connectivity index (χ1) is 9.06. The molecule has 0 aliphatic heterocycles. The summed E-state index contributed by atoms with van der Waals surface area (Å²) < 4.78 is 7.90. The van der Waals surface area contributed by atoms with Gasteiger partial charge in [-0.3, -0.25) is 4.68 Å². The second-order valence-corrected chi connectivity index (χ2v) is 5.41. The van der Waals surface area contributed by atoms with Gasteiger partial charge in [0.15, 0.2) is 0 Å². The Morgan fingerprint density at radius 1 is 1.32 bits per heavy atom. The normalized spacial score (nSPS) is 12.7. The molecule has 0 amide bonds. The number of nitrogens with zero attached hydrogens (tertiary/aromatic N) is 2. The molecule has 0 aliphatic carbocycles. The van der Waals surface area contributed by atoms with Gasteiger partial charge in [0.1, 0.15) is 11.9 Å². The molecule has 0 spiro atoms. The lowest BCUT2D eigenvalue weighted by Crippen LogP contribution is -2.13. The highest BCUT2D eigenvalue weighted by Gasteiger charge is 2.23. The van der Waals surface area contributed by atoms with Crippen molar-refractivity contribution >= 4 is 15.9 Å². The number of hydrogen-bond donors (Lipinski definition) is 1. The number of methoxy groups -OCH3 is 1. The SMILES string of the molecule is COc1ccccc1C(O)c1c(Br)cnn1C(C)C. The highest BCUT2D eigenvalue weighted by molar-refractivity contribution is 9.10. The lowest BCUT2D eigenvalue weighted by molar-refractivity contribution is 0.199. The van der Waals surface area contributed by atoms with Crippen molar-refractivity contribution in [3.05, 3.63) is 46.2 Å². The monoisotopic (exact) mass is 324 g/mol. The zero-order valence-corrected chi connectivity index (χ0v) is 12.8. The molecular formula is C14H17BrN2O2. The first-order valence-corrected chi connectivity index (χ1v) is 6.89. The molecule has 19 heavy (non-hydrogen) atoms. The fourth-order valence-corrected chi connectivity index (χ4v) is 2.55. The van der Waals surface area contributed by atoms with Gasteiger partial charge in [0, 0.05) is 11.6 Å². The Hall–Kier alpha value is -1.33. The number of halogens is 1. The Bertz CT molecular complexity index is 566. The molecule has 4 nitrogen and oxygen atoms in total. The summed E-state index contributed by atoms with van der Waals surface area (Å²) in [6, 6.07) is 7.62. The lowest BCUT2D eigenvalue weighted by Gasteiger charge is -2.18. The molecule has 0 fully saturated rings. The number of para-hydroxylation sites is 1. The summed E-state index contributed by atoms with van der Waals surface area (Å²) >= 11 is 3.45. The van der Waals surface area contributed by atoms with E-state index in [4.69, 9.17) is 4.74 Å². The standard InChI is InChI=1S/C14H17BrN2O2/c1-9(2)17-13(11(15)8-16-17)14(18)10-6-4-5-7-12(10)19-3/h4-9,14,18H,1-3H3. The van der Waals surface area contributed by atoms with E-state index in [1.165, 1.54) is 0 Å². The highest BCUT2D eigenvalue weighted by Crippen LogP contribution is 2.34. The van der Waals surface area contributed by atoms with Crippen LogP contribution in [0.4, 0.5) is 0 Å². The van der Waals surface area contributed by atoms with E-state index in [0.717, 1.165) is 15.7 Å². The van der Waals surface area contributed by atoms with Crippen LogP contribution in [0.1, 0.15) is 37.3 Å². The van der Waals surface area contributed by atoms with Gasteiger partial charge in [0.2, 0.25) is 0 Å². The number of aliphatic hydroxyl groups is 1. The third kappa shape index (κ3) is 2.67. The van der Waals surface area contributed by atoms with Crippen molar-refractivity contribution in [3.8, 4) is 5.75 Å². The van der Waals surface area contributed by atoms with Crippen molar-refractivity contribution in [2.24, 2.45) is 0 Å². The van der Waals surface area contributed by atoms with E-state index in [9.17, 15) is 5.11 Å². The van der Waals surface area contributed by atoms with E-state index in [1.807, 2.05) is 38.1 Å². The largest absolute Gasteiger partial charge is 0.496 e. The maximum Gasteiger partial charge on any atom is 0.125 e. The first kappa shape index (κ1) is 14.1. The molecule has 2 aromatic rings. The molecule has 5 heteroatoms. The summed E-state index contributed by atoms with van der Waals surface area (Å²) in [5, 5.41) is 14.9. The van der Waals surface area contributed by atoms with Crippen LogP contribution >= 0.6 is 15.9 Å². The highest BCUT2D eigenvalue weighted by atomic mass is 79.9. The molecule has 0 aliphatic rings. The Labute approximate surface area is 121 Å². The van der Waals surface area contributed by atoms with Gasteiger partial charge >= 0.3 is 0 Å². The van der Waals surface area contributed by atoms with E-state index in [2.05, 4.69) is 21.0 Å². The van der Waals surface area contributed by atoms with Crippen molar-refractivity contribution in [2.45, 2.75) is 26.0 Å². The molecule has 0 saturated carbocycles. The Kier molecular flexibility index (Phi) is 4.27. The first-order valence-electron chi connectivity index (χ1n) is 6.10. The Morgan fingerprint density at radius 3 is 2.63 bits per heavy atom. The van der Waals surface area contributed by atoms with Gasteiger partial charge in [-0.05, 0) is 35.8 Å². The van der Waals surface area contributed by atoms with Crippen LogP contribution in [0.25, 0.3) is 0 Å². The van der Waals surface area contributed by atoms with Gasteiger partial charge in [-0.25, -0.2) is 0 Å². The van der Waals surface area contributed by atoms with E-state index >= 15 is 0 Å². The molecule has 0 radical (unpaired) electrons. The molecular weight excluding hydrogens is 308 g/mol. The Balaban J connectivity index is 2.50. The van der Waals surface area contributed by atoms with Crippen LogP contribution in [0.3, 0.4) is 0 Å². The van der Waals surface area contributed by atoms with Gasteiger partial charge in [-0.15, -0.1) is 0 Å². The molecule has 1 N–H and O–H groups in total. The minimum atomic E-state index is -0.782. The third-order valence-corrected chi connectivity index (χ3v) is 3.58. The van der Waals surface area contributed by atoms with Crippen LogP contribution in [0, 0.1) is 0 Å². The van der Waals surface area contributed by atoms with Crippen LogP contribution in [0.5, 0.6) is 5.75 Å². The minimum absolute atomic E-state index is 0.172. The number of aromatic nitrogens is 2. The van der Waals surface area contributed by atoms with Gasteiger partial charge < -0.3 is 9.84 Å². The average molecular weight is 325 g/mol. The second kappa shape index (κ2) is 5.75. The Morgan fingerprint density at radius 2 is 2.00 bits per heavy atom. The van der Waals surface area contributed by atoms with Gasteiger partial charge in [-0.1, -0.05) is 18.2 Å². The predicted molar refractivity (Wildman–Crippen MR) is 77.4 cm³/mol. The number of hydrogen-bond acceptors (Lipinski definition) is 3. The molecule has 0 bridgehead atoms. The molecule has 1 atom stereocenters. The number of aliphatic hydroxyl groups excluding tert-OH is 1. The van der Waals surface area contributed by atoms with Crippen LogP contribution in [0.15, 0.2) is 34.9 Å². The summed E-state index contributed by atoms with van der Waals surface area (Å²) in [5.74, 6) is 0.665. The van der Waals surface area contributed by atoms with Crippen molar-refractivity contribution in [2.75, 3.05) is 7.11 Å². The van der Waals surface area contributed by atoms with Crippen LogP contribution < -0.4 is 4.74 Å². The number of ether oxygens (including phenoxy) is 1. The van der Waals surface area contributed by atoms with E-state index in [1.54, 1.807) is 18.0 Å². The molecule has 1 aromatic heterocycles. The number of benzene rings is 1. The van der Waals surface area contributed by atoms with E-state index < -0.39 is 6.10 Å². The zero-order chi connectivity index (χ0) is 14.0. The molecule has 1 aromatic carbocycles. The maximum absolute atomic E-state index is 10.6. The summed E-state index contributed by atoms with van der Waals surface area (Å²) in [7, 11) is 1.60. The molecule has 102 valence electrons. The fraction of sp³-hybridized carbons (Fsp3) is 0.357. The van der Waals surface area contributed by atoms with Crippen molar-refractivity contribution in [1.29, 1.82) is 0 Å². The van der Waals surface area contributed by atoms with Crippen LogP contribution in [0.2, 0.25) is 0 Å². The summed E-state index contributed by atoms with van der Waals surface area (Å²) in [5.41, 5.74) is 1.47. The lowest BCUT2D eigenvalue weighted by atomic mass is 10.1. The smallest absolute Gasteiger partial charge is 0.125 e. The predicted octanol–water partition coefficient (Wildman–Crippen LogP) is 3.32.